The predicted octanol–water partition coefficient (Wildman–Crippen LogP) is 2.16. The van der Waals surface area contributed by atoms with Gasteiger partial charge >= 0.3 is 17.9 Å². The van der Waals surface area contributed by atoms with E-state index in [0.717, 1.165) is 6.42 Å². The van der Waals surface area contributed by atoms with Crippen LogP contribution < -0.4 is 5.32 Å². The summed E-state index contributed by atoms with van der Waals surface area (Å²) in [4.78, 5) is 50.0. The molecule has 3 aliphatic rings. The Morgan fingerprint density at radius 2 is 1.39 bits per heavy atom. The first-order valence-corrected chi connectivity index (χ1v) is 10.8. The van der Waals surface area contributed by atoms with E-state index in [9.17, 15) is 19.2 Å². The summed E-state index contributed by atoms with van der Waals surface area (Å²) >= 11 is 0. The SMILES string of the molecule is COC(=O)CNC(=O)[C@H]1C[C@@H]2C[C@H]1[C@H]1C(C(=O)OC(C)(C)C)=C(C(=O)OC(C)(C)C)[C@@H]21. The Kier molecular flexibility index (Phi) is 5.97. The van der Waals surface area contributed by atoms with Crippen LogP contribution in [-0.4, -0.2) is 48.7 Å². The van der Waals surface area contributed by atoms with Gasteiger partial charge in [0.1, 0.15) is 17.7 Å². The van der Waals surface area contributed by atoms with Gasteiger partial charge in [0.25, 0.3) is 0 Å². The highest BCUT2D eigenvalue weighted by atomic mass is 16.6. The zero-order chi connectivity index (χ0) is 23.3. The van der Waals surface area contributed by atoms with Gasteiger partial charge in [-0.1, -0.05) is 0 Å². The number of hydrogen-bond donors (Lipinski definition) is 1. The normalized spacial score (nSPS) is 29.1. The Morgan fingerprint density at radius 3 is 1.87 bits per heavy atom. The maximum Gasteiger partial charge on any atom is 0.335 e. The van der Waals surface area contributed by atoms with Crippen molar-refractivity contribution in [1.29, 1.82) is 0 Å². The van der Waals surface area contributed by atoms with E-state index in [0.29, 0.717) is 17.6 Å². The Morgan fingerprint density at radius 1 is 0.871 bits per heavy atom. The molecule has 3 rings (SSSR count). The minimum Gasteiger partial charge on any atom is -0.468 e. The second kappa shape index (κ2) is 7.95. The van der Waals surface area contributed by atoms with Gasteiger partial charge in [0, 0.05) is 17.8 Å². The third-order valence-electron chi connectivity index (χ3n) is 6.17. The molecule has 0 aliphatic heterocycles. The van der Waals surface area contributed by atoms with E-state index >= 15 is 0 Å². The summed E-state index contributed by atoms with van der Waals surface area (Å²) in [5, 5.41) is 2.63. The fourth-order valence-corrected chi connectivity index (χ4v) is 5.25. The molecule has 1 amide bonds. The number of carbonyl (C=O) groups excluding carboxylic acids is 4. The molecule has 1 N–H and O–H groups in total. The van der Waals surface area contributed by atoms with Crippen LogP contribution in [0.1, 0.15) is 54.4 Å². The monoisotopic (exact) mass is 435 g/mol. The average Bonchev–Trinajstić information content (AvgIpc) is 3.10. The molecule has 2 saturated carbocycles. The van der Waals surface area contributed by atoms with Crippen LogP contribution in [0.4, 0.5) is 0 Å². The summed E-state index contributed by atoms with van der Waals surface area (Å²) in [5.41, 5.74) is -0.618. The van der Waals surface area contributed by atoms with Crippen LogP contribution in [0.3, 0.4) is 0 Å². The molecule has 0 aromatic rings. The van der Waals surface area contributed by atoms with Crippen molar-refractivity contribution in [3.05, 3.63) is 11.1 Å². The van der Waals surface area contributed by atoms with Gasteiger partial charge in [-0.3, -0.25) is 9.59 Å². The summed E-state index contributed by atoms with van der Waals surface area (Å²) in [7, 11) is 1.26. The Bertz CT molecular complexity index is 830. The van der Waals surface area contributed by atoms with Crippen molar-refractivity contribution in [3.8, 4) is 0 Å². The molecule has 3 aliphatic carbocycles. The number of nitrogens with one attached hydrogen (secondary N) is 1. The van der Waals surface area contributed by atoms with Crippen LogP contribution >= 0.6 is 0 Å². The molecule has 172 valence electrons. The van der Waals surface area contributed by atoms with Crippen molar-refractivity contribution in [1.82, 2.24) is 5.32 Å². The topological polar surface area (TPSA) is 108 Å². The minimum atomic E-state index is -0.705. The quantitative estimate of drug-likeness (QED) is 0.521. The molecule has 0 saturated heterocycles. The molecular formula is C23H33NO7. The van der Waals surface area contributed by atoms with Crippen molar-refractivity contribution < 1.29 is 33.4 Å². The zero-order valence-electron chi connectivity index (χ0n) is 19.4. The highest BCUT2D eigenvalue weighted by Crippen LogP contribution is 2.66. The molecule has 5 atom stereocenters. The molecule has 8 heteroatoms. The number of carbonyl (C=O) groups is 4. The fraction of sp³-hybridized carbons (Fsp3) is 0.739. The molecular weight excluding hydrogens is 402 g/mol. The predicted molar refractivity (Wildman–Crippen MR) is 110 cm³/mol. The van der Waals surface area contributed by atoms with Gasteiger partial charge in [-0.2, -0.15) is 0 Å². The van der Waals surface area contributed by atoms with Crippen LogP contribution in [-0.2, 0) is 33.4 Å². The zero-order valence-corrected chi connectivity index (χ0v) is 19.4. The van der Waals surface area contributed by atoms with E-state index < -0.39 is 29.1 Å². The molecule has 0 heterocycles. The summed E-state index contributed by atoms with van der Waals surface area (Å²) in [6.07, 6.45) is 1.37. The molecule has 2 bridgehead atoms. The van der Waals surface area contributed by atoms with Gasteiger partial charge in [0.2, 0.25) is 5.91 Å². The molecule has 0 aromatic carbocycles. The number of hydrogen-bond acceptors (Lipinski definition) is 7. The van der Waals surface area contributed by atoms with Gasteiger partial charge < -0.3 is 19.5 Å². The lowest BCUT2D eigenvalue weighted by atomic mass is 9.58. The van der Waals surface area contributed by atoms with Crippen molar-refractivity contribution in [2.45, 2.75) is 65.6 Å². The van der Waals surface area contributed by atoms with Gasteiger partial charge in [0.15, 0.2) is 0 Å². The van der Waals surface area contributed by atoms with Gasteiger partial charge in [-0.15, -0.1) is 0 Å². The average molecular weight is 436 g/mol. The Labute approximate surface area is 183 Å². The molecule has 0 aromatic heterocycles. The first-order valence-electron chi connectivity index (χ1n) is 10.8. The van der Waals surface area contributed by atoms with Crippen molar-refractivity contribution in [3.63, 3.8) is 0 Å². The van der Waals surface area contributed by atoms with Crippen molar-refractivity contribution >= 4 is 23.8 Å². The maximum absolute atomic E-state index is 13.0. The number of methoxy groups -OCH3 is 1. The Hall–Kier alpha value is -2.38. The number of amides is 1. The highest BCUT2D eigenvalue weighted by molar-refractivity contribution is 6.05. The van der Waals surface area contributed by atoms with Crippen LogP contribution in [0.2, 0.25) is 0 Å². The summed E-state index contributed by atoms with van der Waals surface area (Å²) in [6, 6.07) is 0. The van der Waals surface area contributed by atoms with Gasteiger partial charge in [-0.05, 0) is 66.2 Å². The smallest absolute Gasteiger partial charge is 0.335 e. The van der Waals surface area contributed by atoms with Crippen molar-refractivity contribution in [2.24, 2.45) is 29.6 Å². The van der Waals surface area contributed by atoms with Crippen LogP contribution in [0.15, 0.2) is 11.1 Å². The second-order valence-corrected chi connectivity index (χ2v) is 10.7. The van der Waals surface area contributed by atoms with Crippen LogP contribution in [0, 0.1) is 29.6 Å². The second-order valence-electron chi connectivity index (χ2n) is 10.7. The third kappa shape index (κ3) is 4.62. The van der Waals surface area contributed by atoms with Crippen molar-refractivity contribution in [2.75, 3.05) is 13.7 Å². The van der Waals surface area contributed by atoms with E-state index in [1.54, 1.807) is 41.5 Å². The number of esters is 3. The fourth-order valence-electron chi connectivity index (χ4n) is 5.25. The molecule has 2 fully saturated rings. The number of rotatable bonds is 5. The standard InChI is InChI=1S/C23H33NO7/c1-22(2,3)30-20(27)17-15-11-8-12(13(9-11)19(26)24-10-14(25)29-7)16(15)18(17)21(28)31-23(4,5)6/h11-13,15-16H,8-10H2,1-7H3,(H,24,26)/t11-,12+,13-,15-,16+/m0/s1. The summed E-state index contributed by atoms with van der Waals surface area (Å²) < 4.78 is 15.8. The summed E-state index contributed by atoms with van der Waals surface area (Å²) in [6.45, 7) is 10.5. The van der Waals surface area contributed by atoms with E-state index in [1.165, 1.54) is 7.11 Å². The molecule has 0 radical (unpaired) electrons. The lowest BCUT2D eigenvalue weighted by molar-refractivity contribution is -0.158. The van der Waals surface area contributed by atoms with Crippen LogP contribution in [0.25, 0.3) is 0 Å². The lowest BCUT2D eigenvalue weighted by Crippen LogP contribution is -2.49. The first-order chi connectivity index (χ1) is 14.2. The molecule has 31 heavy (non-hydrogen) atoms. The minimum absolute atomic E-state index is 0.0682. The Balaban J connectivity index is 1.85. The van der Waals surface area contributed by atoms with E-state index in [2.05, 4.69) is 10.1 Å². The molecule has 8 nitrogen and oxygen atoms in total. The lowest BCUT2D eigenvalue weighted by Gasteiger charge is -2.45. The van der Waals surface area contributed by atoms with Crippen LogP contribution in [0.5, 0.6) is 0 Å². The number of fused-ring (bicyclic) bond motifs is 5. The maximum atomic E-state index is 13.0. The first kappa shape index (κ1) is 23.3. The molecule has 0 unspecified atom stereocenters. The van der Waals surface area contributed by atoms with E-state index in [4.69, 9.17) is 9.47 Å². The number of ether oxygens (including phenoxy) is 3. The summed E-state index contributed by atoms with van der Waals surface area (Å²) in [5.74, 6) is -2.28. The van der Waals surface area contributed by atoms with Gasteiger partial charge in [-0.25, -0.2) is 9.59 Å². The molecule has 0 spiro atoms. The van der Waals surface area contributed by atoms with E-state index in [-0.39, 0.29) is 42.0 Å². The van der Waals surface area contributed by atoms with E-state index in [1.807, 2.05) is 0 Å². The third-order valence-corrected chi connectivity index (χ3v) is 6.17. The highest BCUT2D eigenvalue weighted by Gasteiger charge is 2.65. The van der Waals surface area contributed by atoms with Gasteiger partial charge in [0.05, 0.1) is 18.3 Å². The largest absolute Gasteiger partial charge is 0.468 e.